The van der Waals surface area contributed by atoms with Gasteiger partial charge in [0.1, 0.15) is 36.5 Å². The molecular weight excluding hydrogens is 308 g/mol. The Kier molecular flexibility index (Phi) is 3.59. The molecule has 3 aromatic heterocycles. The highest BCUT2D eigenvalue weighted by molar-refractivity contribution is 5.44. The Bertz CT molecular complexity index is 927. The molecule has 0 aliphatic carbocycles. The molecule has 7 nitrogen and oxygen atoms in total. The van der Waals surface area contributed by atoms with Crippen LogP contribution in [0.5, 0.6) is 5.75 Å². The van der Waals surface area contributed by atoms with Gasteiger partial charge >= 0.3 is 0 Å². The van der Waals surface area contributed by atoms with Gasteiger partial charge in [0.05, 0.1) is 12.0 Å². The van der Waals surface area contributed by atoms with E-state index in [1.165, 1.54) is 6.33 Å². The molecule has 1 aromatic carbocycles. The second-order valence-electron chi connectivity index (χ2n) is 5.13. The van der Waals surface area contributed by atoms with E-state index >= 15 is 0 Å². The van der Waals surface area contributed by atoms with E-state index in [2.05, 4.69) is 15.1 Å². The zero-order valence-electron chi connectivity index (χ0n) is 12.9. The maximum atomic E-state index is 5.83. The van der Waals surface area contributed by atoms with Crippen LogP contribution in [-0.2, 0) is 6.61 Å². The number of hydrogen-bond donors (Lipinski definition) is 0. The Hall–Kier alpha value is -3.35. The summed E-state index contributed by atoms with van der Waals surface area (Å²) in [4.78, 5) is 8.37. The van der Waals surface area contributed by atoms with Crippen LogP contribution in [0.15, 0.2) is 64.2 Å². The zero-order valence-corrected chi connectivity index (χ0v) is 12.9. The molecule has 0 aliphatic heterocycles. The van der Waals surface area contributed by atoms with Crippen LogP contribution in [0.4, 0.5) is 0 Å². The third kappa shape index (κ3) is 2.79. The van der Waals surface area contributed by atoms with E-state index in [0.29, 0.717) is 29.8 Å². The molecule has 0 aliphatic rings. The molecule has 0 saturated carbocycles. The van der Waals surface area contributed by atoms with Gasteiger partial charge in [0.15, 0.2) is 5.76 Å². The number of oxazole rings is 1. The Morgan fingerprint density at radius 1 is 1.21 bits per heavy atom. The van der Waals surface area contributed by atoms with E-state index in [1.807, 2.05) is 31.2 Å². The number of ether oxygens (including phenoxy) is 1. The first kappa shape index (κ1) is 14.3. The Labute approximate surface area is 137 Å². The lowest BCUT2D eigenvalue weighted by Crippen LogP contribution is -1.99. The molecule has 0 atom stereocenters. The highest BCUT2D eigenvalue weighted by atomic mass is 16.5. The molecule has 0 spiro atoms. The van der Waals surface area contributed by atoms with Crippen molar-refractivity contribution < 1.29 is 13.6 Å². The van der Waals surface area contributed by atoms with Gasteiger partial charge < -0.3 is 13.6 Å². The normalized spacial score (nSPS) is 10.9. The van der Waals surface area contributed by atoms with Crippen molar-refractivity contribution in [3.05, 3.63) is 66.8 Å². The molecule has 0 N–H and O–H groups in total. The van der Waals surface area contributed by atoms with E-state index < -0.39 is 0 Å². The maximum Gasteiger partial charge on any atom is 0.263 e. The summed E-state index contributed by atoms with van der Waals surface area (Å²) in [5.74, 6) is 2.46. The number of furan rings is 1. The first-order chi connectivity index (χ1) is 11.8. The lowest BCUT2D eigenvalue weighted by atomic mass is 10.3. The molecule has 0 bridgehead atoms. The van der Waals surface area contributed by atoms with Crippen LogP contribution >= 0.6 is 0 Å². The number of rotatable bonds is 5. The Morgan fingerprint density at radius 3 is 2.96 bits per heavy atom. The summed E-state index contributed by atoms with van der Waals surface area (Å²) < 4.78 is 18.4. The van der Waals surface area contributed by atoms with Crippen molar-refractivity contribution in [2.24, 2.45) is 0 Å². The molecule has 0 fully saturated rings. The van der Waals surface area contributed by atoms with E-state index in [0.717, 1.165) is 11.4 Å². The van der Waals surface area contributed by atoms with Crippen molar-refractivity contribution >= 4 is 0 Å². The van der Waals surface area contributed by atoms with Crippen LogP contribution in [0, 0.1) is 6.92 Å². The summed E-state index contributed by atoms with van der Waals surface area (Å²) in [7, 11) is 0. The molecule has 0 unspecified atom stereocenters. The average Bonchev–Trinajstić information content (AvgIpc) is 3.35. The highest BCUT2D eigenvalue weighted by Crippen LogP contribution is 2.23. The molecule has 3 heterocycles. The van der Waals surface area contributed by atoms with Crippen LogP contribution < -0.4 is 4.74 Å². The van der Waals surface area contributed by atoms with Crippen molar-refractivity contribution in [3.63, 3.8) is 0 Å². The quantitative estimate of drug-likeness (QED) is 0.560. The molecule has 4 rings (SSSR count). The van der Waals surface area contributed by atoms with E-state index in [-0.39, 0.29) is 0 Å². The molecule has 0 amide bonds. The minimum Gasteiger partial charge on any atom is -0.487 e. The predicted molar refractivity (Wildman–Crippen MR) is 84.6 cm³/mol. The Morgan fingerprint density at radius 2 is 2.17 bits per heavy atom. The van der Waals surface area contributed by atoms with Gasteiger partial charge in [-0.2, -0.15) is 5.10 Å². The van der Waals surface area contributed by atoms with Crippen LogP contribution in [0.25, 0.3) is 17.3 Å². The highest BCUT2D eigenvalue weighted by Gasteiger charge is 2.14. The summed E-state index contributed by atoms with van der Waals surface area (Å²) >= 11 is 0. The molecule has 4 aromatic rings. The summed E-state index contributed by atoms with van der Waals surface area (Å²) in [5.41, 5.74) is 1.60. The van der Waals surface area contributed by atoms with Crippen LogP contribution in [0.1, 0.15) is 11.5 Å². The van der Waals surface area contributed by atoms with Gasteiger partial charge in [0.25, 0.3) is 5.89 Å². The third-order valence-electron chi connectivity index (χ3n) is 3.50. The zero-order chi connectivity index (χ0) is 16.4. The molecule has 0 radical (unpaired) electrons. The fraction of sp³-hybridized carbons (Fsp3) is 0.118. The number of nitrogens with zero attached hydrogens (tertiary/aromatic N) is 4. The summed E-state index contributed by atoms with van der Waals surface area (Å²) in [6.07, 6.45) is 4.71. The second-order valence-corrected chi connectivity index (χ2v) is 5.13. The van der Waals surface area contributed by atoms with Gasteiger partial charge in [-0.05, 0) is 31.2 Å². The molecular formula is C17H14N4O3. The van der Waals surface area contributed by atoms with Crippen LogP contribution in [0.3, 0.4) is 0 Å². The standard InChI is InChI=1S/C17H14N4O3/c1-12-15(20-17(24-12)16-6-3-7-22-16)9-23-14-5-2-4-13(8-14)21-11-18-10-19-21/h2-8,10-11H,9H2,1H3. The Balaban J connectivity index is 1.50. The van der Waals surface area contributed by atoms with Gasteiger partial charge in [0, 0.05) is 6.07 Å². The second kappa shape index (κ2) is 6.04. The number of aryl methyl sites for hydroxylation is 1. The molecule has 0 saturated heterocycles. The van der Waals surface area contributed by atoms with Crippen LogP contribution in [-0.4, -0.2) is 19.7 Å². The fourth-order valence-corrected chi connectivity index (χ4v) is 2.28. The van der Waals surface area contributed by atoms with E-state index in [1.54, 1.807) is 29.4 Å². The molecule has 120 valence electrons. The van der Waals surface area contributed by atoms with Crippen molar-refractivity contribution in [2.75, 3.05) is 0 Å². The largest absolute Gasteiger partial charge is 0.487 e. The lowest BCUT2D eigenvalue weighted by Gasteiger charge is -2.06. The van der Waals surface area contributed by atoms with Crippen molar-refractivity contribution in [2.45, 2.75) is 13.5 Å². The van der Waals surface area contributed by atoms with Crippen LogP contribution in [0.2, 0.25) is 0 Å². The van der Waals surface area contributed by atoms with Crippen molar-refractivity contribution in [1.82, 2.24) is 19.7 Å². The van der Waals surface area contributed by atoms with E-state index in [4.69, 9.17) is 13.6 Å². The SMILES string of the molecule is Cc1oc(-c2ccco2)nc1COc1cccc(-n2cncn2)c1. The minimum absolute atomic E-state index is 0.302. The predicted octanol–water partition coefficient (Wildman–Crippen LogP) is 3.40. The lowest BCUT2D eigenvalue weighted by molar-refractivity contribution is 0.299. The minimum atomic E-state index is 0.302. The fourth-order valence-electron chi connectivity index (χ4n) is 2.28. The maximum absolute atomic E-state index is 5.83. The molecule has 7 heteroatoms. The van der Waals surface area contributed by atoms with Gasteiger partial charge in [-0.15, -0.1) is 0 Å². The summed E-state index contributed by atoms with van der Waals surface area (Å²) in [5, 5.41) is 4.10. The first-order valence-corrected chi connectivity index (χ1v) is 7.37. The van der Waals surface area contributed by atoms with Gasteiger partial charge in [0.2, 0.25) is 0 Å². The number of aromatic nitrogens is 4. The van der Waals surface area contributed by atoms with Gasteiger partial charge in [-0.3, -0.25) is 0 Å². The topological polar surface area (TPSA) is 79.1 Å². The first-order valence-electron chi connectivity index (χ1n) is 7.37. The van der Waals surface area contributed by atoms with Crippen molar-refractivity contribution in [3.8, 4) is 23.1 Å². The molecule has 24 heavy (non-hydrogen) atoms. The summed E-state index contributed by atoms with van der Waals surface area (Å²) in [6, 6.07) is 11.2. The third-order valence-corrected chi connectivity index (χ3v) is 3.50. The van der Waals surface area contributed by atoms with E-state index in [9.17, 15) is 0 Å². The average molecular weight is 322 g/mol. The van der Waals surface area contributed by atoms with Crippen molar-refractivity contribution in [1.29, 1.82) is 0 Å². The smallest absolute Gasteiger partial charge is 0.263 e. The number of hydrogen-bond acceptors (Lipinski definition) is 6. The monoisotopic (exact) mass is 322 g/mol. The number of benzene rings is 1. The van der Waals surface area contributed by atoms with Gasteiger partial charge in [-0.1, -0.05) is 6.07 Å². The van der Waals surface area contributed by atoms with Gasteiger partial charge in [-0.25, -0.2) is 14.6 Å². The summed E-state index contributed by atoms with van der Waals surface area (Å²) in [6.45, 7) is 2.15.